The molecule has 3 aromatic rings. The Hall–Kier alpha value is -2.85. The van der Waals surface area contributed by atoms with Crippen molar-refractivity contribution in [3.63, 3.8) is 0 Å². The monoisotopic (exact) mass is 388 g/mol. The summed E-state index contributed by atoms with van der Waals surface area (Å²) in [5.74, 6) is 1.98. The number of aryl methyl sites for hydroxylation is 1. The molecule has 1 atom stereocenters. The molecule has 0 bridgehead atoms. The molecule has 29 heavy (non-hydrogen) atoms. The Morgan fingerprint density at radius 3 is 2.59 bits per heavy atom. The quantitative estimate of drug-likeness (QED) is 0.620. The Labute approximate surface area is 172 Å². The van der Waals surface area contributed by atoms with Gasteiger partial charge in [-0.15, -0.1) is 0 Å². The van der Waals surface area contributed by atoms with Crippen molar-refractivity contribution in [3.05, 3.63) is 77.6 Å². The smallest absolute Gasteiger partial charge is 0.161 e. The highest BCUT2D eigenvalue weighted by Gasteiger charge is 2.21. The van der Waals surface area contributed by atoms with Gasteiger partial charge in [0.1, 0.15) is 0 Å². The molecule has 0 fully saturated rings. The van der Waals surface area contributed by atoms with E-state index in [0.717, 1.165) is 36.6 Å². The zero-order valence-electron chi connectivity index (χ0n) is 17.2. The maximum atomic E-state index is 5.55. The summed E-state index contributed by atoms with van der Waals surface area (Å²) in [5.41, 5.74) is 6.21. The SMILES string of the molecule is COc1cc(CNCC2CCCc3cccnc32)c(-c2ccccc2)cc1OC. The summed E-state index contributed by atoms with van der Waals surface area (Å²) in [4.78, 5) is 4.67. The summed E-state index contributed by atoms with van der Waals surface area (Å²) < 4.78 is 11.1. The fourth-order valence-corrected chi connectivity index (χ4v) is 4.24. The van der Waals surface area contributed by atoms with Crippen LogP contribution in [0.3, 0.4) is 0 Å². The van der Waals surface area contributed by atoms with Crippen LogP contribution in [0.2, 0.25) is 0 Å². The highest BCUT2D eigenvalue weighted by atomic mass is 16.5. The number of fused-ring (bicyclic) bond motifs is 1. The van der Waals surface area contributed by atoms with E-state index in [2.05, 4.69) is 52.8 Å². The lowest BCUT2D eigenvalue weighted by Crippen LogP contribution is -2.25. The van der Waals surface area contributed by atoms with Crippen molar-refractivity contribution in [2.45, 2.75) is 31.7 Å². The Bertz CT molecular complexity index is 956. The van der Waals surface area contributed by atoms with E-state index in [4.69, 9.17) is 9.47 Å². The van der Waals surface area contributed by atoms with Crippen LogP contribution in [-0.2, 0) is 13.0 Å². The predicted octanol–water partition coefficient (Wildman–Crippen LogP) is 4.98. The van der Waals surface area contributed by atoms with Crippen molar-refractivity contribution in [2.75, 3.05) is 20.8 Å². The number of hydrogen-bond acceptors (Lipinski definition) is 4. The minimum Gasteiger partial charge on any atom is -0.493 e. The van der Waals surface area contributed by atoms with E-state index in [0.29, 0.717) is 5.92 Å². The predicted molar refractivity (Wildman–Crippen MR) is 117 cm³/mol. The van der Waals surface area contributed by atoms with Gasteiger partial charge in [-0.3, -0.25) is 4.98 Å². The van der Waals surface area contributed by atoms with Crippen LogP contribution < -0.4 is 14.8 Å². The molecule has 0 aliphatic heterocycles. The maximum Gasteiger partial charge on any atom is 0.161 e. The number of ether oxygens (including phenoxy) is 2. The van der Waals surface area contributed by atoms with Gasteiger partial charge in [0.25, 0.3) is 0 Å². The van der Waals surface area contributed by atoms with E-state index in [-0.39, 0.29) is 0 Å². The highest BCUT2D eigenvalue weighted by Crippen LogP contribution is 2.36. The van der Waals surface area contributed by atoms with Gasteiger partial charge in [0.2, 0.25) is 0 Å². The first-order valence-electron chi connectivity index (χ1n) is 10.2. The molecule has 0 saturated carbocycles. The minimum absolute atomic E-state index is 0.472. The largest absolute Gasteiger partial charge is 0.493 e. The molecule has 4 heteroatoms. The van der Waals surface area contributed by atoms with Crippen molar-refractivity contribution >= 4 is 0 Å². The molecule has 4 rings (SSSR count). The van der Waals surface area contributed by atoms with Gasteiger partial charge < -0.3 is 14.8 Å². The fraction of sp³-hybridized carbons (Fsp3) is 0.320. The number of rotatable bonds is 7. The molecule has 150 valence electrons. The molecular weight excluding hydrogens is 360 g/mol. The zero-order chi connectivity index (χ0) is 20.1. The third kappa shape index (κ3) is 4.28. The molecule has 0 radical (unpaired) electrons. The molecule has 0 spiro atoms. The first-order chi connectivity index (χ1) is 14.3. The molecule has 1 aliphatic rings. The summed E-state index contributed by atoms with van der Waals surface area (Å²) in [5, 5.41) is 3.67. The van der Waals surface area contributed by atoms with E-state index in [9.17, 15) is 0 Å². The second-order valence-corrected chi connectivity index (χ2v) is 7.50. The molecule has 1 aromatic heterocycles. The Kier molecular flexibility index (Phi) is 6.11. The zero-order valence-corrected chi connectivity index (χ0v) is 17.2. The van der Waals surface area contributed by atoms with Gasteiger partial charge in [-0.2, -0.15) is 0 Å². The van der Waals surface area contributed by atoms with Crippen molar-refractivity contribution in [1.29, 1.82) is 0 Å². The van der Waals surface area contributed by atoms with E-state index in [1.54, 1.807) is 14.2 Å². The summed E-state index contributed by atoms with van der Waals surface area (Å²) in [6.45, 7) is 1.69. The molecule has 1 heterocycles. The van der Waals surface area contributed by atoms with Crippen LogP contribution in [0.25, 0.3) is 11.1 Å². The van der Waals surface area contributed by atoms with Crippen LogP contribution in [0.1, 0.15) is 35.6 Å². The second kappa shape index (κ2) is 9.10. The molecule has 4 nitrogen and oxygen atoms in total. The second-order valence-electron chi connectivity index (χ2n) is 7.50. The van der Waals surface area contributed by atoms with Gasteiger partial charge in [-0.1, -0.05) is 36.4 Å². The number of hydrogen-bond donors (Lipinski definition) is 1. The number of nitrogens with zero attached hydrogens (tertiary/aromatic N) is 1. The fourth-order valence-electron chi connectivity index (χ4n) is 4.24. The normalized spacial score (nSPS) is 15.6. The molecular formula is C25H28N2O2. The minimum atomic E-state index is 0.472. The van der Waals surface area contributed by atoms with Crippen LogP contribution in [0.5, 0.6) is 11.5 Å². The van der Waals surface area contributed by atoms with E-state index >= 15 is 0 Å². The molecule has 0 saturated heterocycles. The van der Waals surface area contributed by atoms with Gasteiger partial charge >= 0.3 is 0 Å². The lowest BCUT2D eigenvalue weighted by atomic mass is 9.86. The van der Waals surface area contributed by atoms with Gasteiger partial charge in [0.15, 0.2) is 11.5 Å². The summed E-state index contributed by atoms with van der Waals surface area (Å²) in [6.07, 6.45) is 5.48. The molecule has 0 amide bonds. The number of nitrogens with one attached hydrogen (secondary N) is 1. The Balaban J connectivity index is 1.55. The van der Waals surface area contributed by atoms with Crippen molar-refractivity contribution in [2.24, 2.45) is 0 Å². The van der Waals surface area contributed by atoms with Gasteiger partial charge in [-0.25, -0.2) is 0 Å². The highest BCUT2D eigenvalue weighted by molar-refractivity contribution is 5.71. The van der Waals surface area contributed by atoms with Crippen molar-refractivity contribution in [1.82, 2.24) is 10.3 Å². The molecule has 1 aliphatic carbocycles. The number of pyridine rings is 1. The summed E-state index contributed by atoms with van der Waals surface area (Å²) in [7, 11) is 3.36. The summed E-state index contributed by atoms with van der Waals surface area (Å²) in [6, 6.07) is 18.8. The van der Waals surface area contributed by atoms with Crippen LogP contribution in [0.4, 0.5) is 0 Å². The van der Waals surface area contributed by atoms with Gasteiger partial charge in [0, 0.05) is 30.9 Å². The Morgan fingerprint density at radius 1 is 1.00 bits per heavy atom. The maximum absolute atomic E-state index is 5.55. The third-order valence-corrected chi connectivity index (χ3v) is 5.71. The van der Waals surface area contributed by atoms with Crippen molar-refractivity contribution in [3.8, 4) is 22.6 Å². The lowest BCUT2D eigenvalue weighted by molar-refractivity contribution is 0.354. The van der Waals surface area contributed by atoms with E-state index in [1.807, 2.05) is 18.3 Å². The standard InChI is InChI=1S/C25H28N2O2/c1-28-23-14-21(22(15-24(23)29-2)18-8-4-3-5-9-18)17-26-16-20-11-6-10-19-12-7-13-27-25(19)20/h3-5,7-9,12-15,20,26H,6,10-11,16-17H2,1-2H3. The van der Waals surface area contributed by atoms with Crippen LogP contribution >= 0.6 is 0 Å². The van der Waals surface area contributed by atoms with Gasteiger partial charge in [0.05, 0.1) is 14.2 Å². The van der Waals surface area contributed by atoms with Crippen LogP contribution in [-0.4, -0.2) is 25.7 Å². The molecule has 2 aromatic carbocycles. The number of aromatic nitrogens is 1. The summed E-state index contributed by atoms with van der Waals surface area (Å²) >= 11 is 0. The van der Waals surface area contributed by atoms with E-state index < -0.39 is 0 Å². The number of benzene rings is 2. The lowest BCUT2D eigenvalue weighted by Gasteiger charge is -2.25. The average Bonchev–Trinajstić information content (AvgIpc) is 2.79. The molecule has 1 unspecified atom stereocenters. The van der Waals surface area contributed by atoms with Gasteiger partial charge in [-0.05, 0) is 59.7 Å². The van der Waals surface area contributed by atoms with Crippen molar-refractivity contribution < 1.29 is 9.47 Å². The average molecular weight is 389 g/mol. The molecule has 1 N–H and O–H groups in total. The third-order valence-electron chi connectivity index (χ3n) is 5.71. The topological polar surface area (TPSA) is 43.4 Å². The first-order valence-corrected chi connectivity index (χ1v) is 10.2. The number of methoxy groups -OCH3 is 2. The Morgan fingerprint density at radius 2 is 1.79 bits per heavy atom. The van der Waals surface area contributed by atoms with Crippen LogP contribution in [0.15, 0.2) is 60.8 Å². The van der Waals surface area contributed by atoms with Crippen LogP contribution in [0, 0.1) is 0 Å². The first kappa shape index (κ1) is 19.5. The van der Waals surface area contributed by atoms with E-state index in [1.165, 1.54) is 35.2 Å².